The van der Waals surface area contributed by atoms with Gasteiger partial charge in [-0.15, -0.1) is 0 Å². The van der Waals surface area contributed by atoms with Gasteiger partial charge in [-0.2, -0.15) is 10.2 Å². The Morgan fingerprint density at radius 2 is 2.12 bits per heavy atom. The number of hydrogen-bond donors (Lipinski definition) is 1. The zero-order valence-electron chi connectivity index (χ0n) is 19.1. The highest BCUT2D eigenvalue weighted by molar-refractivity contribution is 5.77. The first kappa shape index (κ1) is 21.6. The Morgan fingerprint density at radius 1 is 1.30 bits per heavy atom. The van der Waals surface area contributed by atoms with Gasteiger partial charge in [-0.3, -0.25) is 14.2 Å². The molecule has 9 heteroatoms. The van der Waals surface area contributed by atoms with Crippen LogP contribution in [0, 0.1) is 5.82 Å². The van der Waals surface area contributed by atoms with Crippen LogP contribution in [0.5, 0.6) is 0 Å². The van der Waals surface area contributed by atoms with Crippen molar-refractivity contribution in [1.29, 1.82) is 0 Å². The van der Waals surface area contributed by atoms with Crippen molar-refractivity contribution in [2.45, 2.75) is 45.2 Å². The third kappa shape index (κ3) is 4.13. The summed E-state index contributed by atoms with van der Waals surface area (Å²) in [5.41, 5.74) is 3.66. The summed E-state index contributed by atoms with van der Waals surface area (Å²) in [5.74, 6) is 0.389. The second-order valence-electron chi connectivity index (χ2n) is 8.68. The molecule has 33 heavy (non-hydrogen) atoms. The number of halogens is 1. The molecule has 2 aromatic heterocycles. The lowest BCUT2D eigenvalue weighted by Gasteiger charge is -2.30. The fraction of sp³-hybridized carbons (Fsp3) is 0.458. The van der Waals surface area contributed by atoms with E-state index in [1.165, 1.54) is 0 Å². The minimum absolute atomic E-state index is 0.121. The second kappa shape index (κ2) is 8.97. The maximum Gasteiger partial charge on any atom is 0.222 e. The van der Waals surface area contributed by atoms with Crippen molar-refractivity contribution in [1.82, 2.24) is 24.5 Å². The van der Waals surface area contributed by atoms with Crippen LogP contribution in [-0.2, 0) is 29.5 Å². The molecule has 5 rings (SSSR count). The van der Waals surface area contributed by atoms with Crippen molar-refractivity contribution in [3.05, 3.63) is 47.7 Å². The van der Waals surface area contributed by atoms with Gasteiger partial charge in [0.2, 0.25) is 5.91 Å². The van der Waals surface area contributed by atoms with E-state index in [2.05, 4.69) is 15.1 Å². The normalized spacial score (nSPS) is 16.6. The van der Waals surface area contributed by atoms with E-state index in [9.17, 15) is 4.79 Å². The Morgan fingerprint density at radius 3 is 2.85 bits per heavy atom. The third-order valence-electron chi connectivity index (χ3n) is 6.55. The van der Waals surface area contributed by atoms with Gasteiger partial charge >= 0.3 is 0 Å². The van der Waals surface area contributed by atoms with Gasteiger partial charge in [0.15, 0.2) is 11.6 Å². The zero-order valence-corrected chi connectivity index (χ0v) is 19.1. The highest BCUT2D eigenvalue weighted by atomic mass is 19.1. The molecule has 1 aromatic carbocycles. The molecule has 174 valence electrons. The number of aryl methyl sites for hydroxylation is 1. The molecule has 0 saturated carbocycles. The maximum atomic E-state index is 15.5. The fourth-order valence-corrected chi connectivity index (χ4v) is 4.75. The molecule has 8 nitrogen and oxygen atoms in total. The smallest absolute Gasteiger partial charge is 0.222 e. The van der Waals surface area contributed by atoms with Crippen molar-refractivity contribution in [3.63, 3.8) is 0 Å². The van der Waals surface area contributed by atoms with Gasteiger partial charge in [-0.25, -0.2) is 4.39 Å². The lowest BCUT2D eigenvalue weighted by Crippen LogP contribution is -2.36. The van der Waals surface area contributed by atoms with Gasteiger partial charge in [0.05, 0.1) is 24.5 Å². The van der Waals surface area contributed by atoms with Crippen LogP contribution in [0.4, 0.5) is 15.9 Å². The number of nitrogens with zero attached hydrogens (tertiary/aromatic N) is 5. The predicted octanol–water partition coefficient (Wildman–Crippen LogP) is 3.81. The summed E-state index contributed by atoms with van der Waals surface area (Å²) in [6.45, 7) is 4.46. The van der Waals surface area contributed by atoms with Gasteiger partial charge in [-0.1, -0.05) is 19.1 Å². The molecule has 0 unspecified atom stereocenters. The molecule has 0 aliphatic carbocycles. The minimum atomic E-state index is -0.350. The quantitative estimate of drug-likeness (QED) is 0.637. The van der Waals surface area contributed by atoms with E-state index in [0.717, 1.165) is 30.5 Å². The number of fused-ring (bicyclic) bond motifs is 1. The molecular weight excluding hydrogens is 423 g/mol. The number of carbonyl (C=O) groups is 1. The van der Waals surface area contributed by atoms with Crippen LogP contribution in [0.3, 0.4) is 0 Å². The first-order chi connectivity index (χ1) is 16.0. The first-order valence-electron chi connectivity index (χ1n) is 11.6. The molecule has 0 bridgehead atoms. The number of hydrogen-bond acceptors (Lipinski definition) is 5. The Balaban J connectivity index is 1.52. The van der Waals surface area contributed by atoms with Crippen molar-refractivity contribution < 1.29 is 13.9 Å². The van der Waals surface area contributed by atoms with Gasteiger partial charge in [0, 0.05) is 68.2 Å². The molecule has 0 atom stereocenters. The van der Waals surface area contributed by atoms with Gasteiger partial charge in [-0.05, 0) is 18.9 Å². The lowest BCUT2D eigenvalue weighted by atomic mass is 10.0. The number of anilines is 2. The van der Waals surface area contributed by atoms with Gasteiger partial charge in [0.25, 0.3) is 0 Å². The zero-order chi connectivity index (χ0) is 22.9. The number of nitrogens with one attached hydrogen (secondary N) is 1. The van der Waals surface area contributed by atoms with E-state index in [-0.39, 0.29) is 17.8 Å². The molecule has 0 spiro atoms. The summed E-state index contributed by atoms with van der Waals surface area (Å²) in [6, 6.07) is 5.54. The topological polar surface area (TPSA) is 77.2 Å². The van der Waals surface area contributed by atoms with Crippen LogP contribution < -0.4 is 5.32 Å². The predicted molar refractivity (Wildman–Crippen MR) is 123 cm³/mol. The fourth-order valence-electron chi connectivity index (χ4n) is 4.75. The van der Waals surface area contributed by atoms with E-state index < -0.39 is 0 Å². The average Bonchev–Trinajstić information content (AvgIpc) is 3.43. The molecule has 0 radical (unpaired) electrons. The largest absolute Gasteiger partial charge is 0.381 e. The number of carbonyl (C=O) groups excluding carboxylic acids is 1. The van der Waals surface area contributed by atoms with Gasteiger partial charge in [0.1, 0.15) is 0 Å². The Kier molecular flexibility index (Phi) is 5.88. The summed E-state index contributed by atoms with van der Waals surface area (Å²) < 4.78 is 24.8. The van der Waals surface area contributed by atoms with Crippen LogP contribution in [-0.4, -0.2) is 50.1 Å². The summed E-state index contributed by atoms with van der Waals surface area (Å²) in [7, 11) is 1.81. The van der Waals surface area contributed by atoms with Crippen molar-refractivity contribution in [2.24, 2.45) is 7.05 Å². The molecular formula is C24H29FN6O2. The van der Waals surface area contributed by atoms with Crippen LogP contribution in [0.2, 0.25) is 0 Å². The molecule has 1 saturated heterocycles. The molecule has 1 fully saturated rings. The molecule has 1 N–H and O–H groups in total. The van der Waals surface area contributed by atoms with Crippen LogP contribution in [0.1, 0.15) is 43.5 Å². The number of amides is 1. The second-order valence-corrected chi connectivity index (χ2v) is 8.68. The third-order valence-corrected chi connectivity index (χ3v) is 6.55. The van der Waals surface area contributed by atoms with E-state index in [1.54, 1.807) is 29.2 Å². The van der Waals surface area contributed by atoms with Crippen molar-refractivity contribution in [2.75, 3.05) is 25.1 Å². The van der Waals surface area contributed by atoms with E-state index in [1.807, 2.05) is 24.9 Å². The molecule has 2 aliphatic rings. The van der Waals surface area contributed by atoms with Crippen LogP contribution in [0.15, 0.2) is 30.6 Å². The molecule has 2 aliphatic heterocycles. The monoisotopic (exact) mass is 452 g/mol. The average molecular weight is 453 g/mol. The molecule has 4 heterocycles. The SMILES string of the molecule is CCC(=O)N1CCc2c(c(Nc3cccc(-c4cnn(C)c4)c3F)nn2C2CCOCC2)C1. The Labute approximate surface area is 192 Å². The Hall–Kier alpha value is -3.20. The number of ether oxygens (including phenoxy) is 1. The number of aromatic nitrogens is 4. The van der Waals surface area contributed by atoms with E-state index in [0.29, 0.717) is 55.4 Å². The van der Waals surface area contributed by atoms with Crippen LogP contribution in [0.25, 0.3) is 11.1 Å². The minimum Gasteiger partial charge on any atom is -0.381 e. The summed E-state index contributed by atoms with van der Waals surface area (Å²) >= 11 is 0. The molecule has 3 aromatic rings. The van der Waals surface area contributed by atoms with Gasteiger partial charge < -0.3 is 15.0 Å². The number of benzene rings is 1. The van der Waals surface area contributed by atoms with E-state index in [4.69, 9.17) is 9.84 Å². The lowest BCUT2D eigenvalue weighted by molar-refractivity contribution is -0.131. The summed E-state index contributed by atoms with van der Waals surface area (Å²) in [6.07, 6.45) is 6.45. The summed E-state index contributed by atoms with van der Waals surface area (Å²) in [5, 5.41) is 12.3. The Bertz CT molecular complexity index is 1160. The highest BCUT2D eigenvalue weighted by Gasteiger charge is 2.30. The van der Waals surface area contributed by atoms with Crippen molar-refractivity contribution >= 4 is 17.4 Å². The van der Waals surface area contributed by atoms with Crippen LogP contribution >= 0.6 is 0 Å². The standard InChI is InChI=1S/C24H29FN6O2/c1-3-22(32)30-10-7-21-19(15-30)24(28-31(21)17-8-11-33-12-9-17)27-20-6-4-5-18(23(20)25)16-13-26-29(2)14-16/h4-6,13-14,17H,3,7-12,15H2,1-2H3,(H,27,28). The number of rotatable bonds is 5. The highest BCUT2D eigenvalue weighted by Crippen LogP contribution is 2.35. The molecule has 1 amide bonds. The van der Waals surface area contributed by atoms with Crippen molar-refractivity contribution in [3.8, 4) is 11.1 Å². The first-order valence-corrected chi connectivity index (χ1v) is 11.6. The maximum absolute atomic E-state index is 15.5. The summed E-state index contributed by atoms with van der Waals surface area (Å²) in [4.78, 5) is 14.3. The van der Waals surface area contributed by atoms with E-state index >= 15 is 4.39 Å².